The van der Waals surface area contributed by atoms with Crippen LogP contribution in [0.2, 0.25) is 0 Å². The molecular weight excluding hydrogens is 293 g/mol. The first-order valence-corrected chi connectivity index (χ1v) is 6.44. The van der Waals surface area contributed by atoms with Crippen molar-refractivity contribution in [3.63, 3.8) is 0 Å². The van der Waals surface area contributed by atoms with Crippen molar-refractivity contribution >= 4 is 5.78 Å². The molecule has 1 atom stereocenters. The molecule has 0 spiro atoms. The van der Waals surface area contributed by atoms with Gasteiger partial charge in [0.05, 0.1) is 5.56 Å². The van der Waals surface area contributed by atoms with Crippen molar-refractivity contribution in [2.75, 3.05) is 0 Å². The van der Waals surface area contributed by atoms with Gasteiger partial charge in [-0.3, -0.25) is 4.79 Å². The predicted molar refractivity (Wildman–Crippen MR) is 76.3 cm³/mol. The number of carbonyl (C=O) groups is 1. The molecule has 0 aliphatic rings. The third-order valence-electron chi connectivity index (χ3n) is 3.19. The Kier molecular flexibility index (Phi) is 4.47. The maximum atomic E-state index is 12.7. The van der Waals surface area contributed by atoms with E-state index in [-0.39, 0.29) is 11.1 Å². The molecule has 2 rings (SSSR count). The first kappa shape index (κ1) is 16.0. The minimum atomic E-state index is -4.53. The van der Waals surface area contributed by atoms with E-state index >= 15 is 0 Å². The summed E-state index contributed by atoms with van der Waals surface area (Å²) in [6, 6.07) is 12.4. The highest BCUT2D eigenvalue weighted by atomic mass is 19.4. The smallest absolute Gasteiger partial charge is 0.384 e. The average molecular weight is 306 g/mol. The van der Waals surface area contributed by atoms with Crippen LogP contribution >= 0.6 is 0 Å². The maximum absolute atomic E-state index is 12.7. The first-order valence-electron chi connectivity index (χ1n) is 6.44. The molecule has 0 saturated heterocycles. The van der Waals surface area contributed by atoms with Crippen LogP contribution in [0, 0.1) is 0 Å². The number of hydrogen-bond acceptors (Lipinski definition) is 2. The summed E-state index contributed by atoms with van der Waals surface area (Å²) >= 11 is 0. The fourth-order valence-electron chi connectivity index (χ4n) is 1.98. The van der Waals surface area contributed by atoms with Gasteiger partial charge in [0.15, 0.2) is 5.78 Å². The van der Waals surface area contributed by atoms with Crippen LogP contribution in [-0.2, 0) is 6.18 Å². The Morgan fingerprint density at radius 3 is 2.27 bits per heavy atom. The molecule has 22 heavy (non-hydrogen) atoms. The molecule has 0 fully saturated rings. The van der Waals surface area contributed by atoms with Gasteiger partial charge in [-0.05, 0) is 17.7 Å². The summed E-state index contributed by atoms with van der Waals surface area (Å²) in [5.41, 5.74) is -0.798. The highest BCUT2D eigenvalue weighted by Gasteiger charge is 2.31. The molecule has 2 nitrogen and oxygen atoms in total. The minimum absolute atomic E-state index is 0.158. The quantitative estimate of drug-likeness (QED) is 0.679. The highest BCUT2D eigenvalue weighted by molar-refractivity contribution is 6.09. The molecule has 0 bridgehead atoms. The molecule has 1 N–H and O–H groups in total. The van der Waals surface area contributed by atoms with Crippen molar-refractivity contribution in [2.45, 2.75) is 12.3 Å². The van der Waals surface area contributed by atoms with Gasteiger partial charge in [-0.1, -0.05) is 49.0 Å². The Bertz CT molecular complexity index is 691. The lowest BCUT2D eigenvalue weighted by Gasteiger charge is -2.14. The Morgan fingerprint density at radius 2 is 1.68 bits per heavy atom. The van der Waals surface area contributed by atoms with E-state index in [0.717, 1.165) is 18.2 Å². The van der Waals surface area contributed by atoms with E-state index in [9.17, 15) is 23.1 Å². The van der Waals surface area contributed by atoms with Crippen molar-refractivity contribution in [2.24, 2.45) is 0 Å². The molecule has 0 heterocycles. The van der Waals surface area contributed by atoms with Crippen LogP contribution in [-0.4, -0.2) is 10.9 Å². The van der Waals surface area contributed by atoms with Crippen molar-refractivity contribution in [1.29, 1.82) is 0 Å². The molecule has 0 aliphatic carbocycles. The number of hydrogen-bond donors (Lipinski definition) is 1. The fraction of sp³-hybridized carbons (Fsp3) is 0.118. The van der Waals surface area contributed by atoms with E-state index in [0.29, 0.717) is 5.56 Å². The van der Waals surface area contributed by atoms with Crippen molar-refractivity contribution in [1.82, 2.24) is 0 Å². The fourth-order valence-corrected chi connectivity index (χ4v) is 1.98. The molecule has 0 aromatic heterocycles. The number of carbonyl (C=O) groups excluding carboxylic acids is 1. The number of halogens is 3. The summed E-state index contributed by atoms with van der Waals surface area (Å²) in [4.78, 5) is 12.2. The van der Waals surface area contributed by atoms with Gasteiger partial charge in [-0.15, -0.1) is 0 Å². The Labute approximate surface area is 125 Å². The first-order chi connectivity index (χ1) is 10.3. The summed E-state index contributed by atoms with van der Waals surface area (Å²) in [5, 5.41) is 10.1. The maximum Gasteiger partial charge on any atom is 0.416 e. The second kappa shape index (κ2) is 6.15. The van der Waals surface area contributed by atoms with E-state index in [1.54, 1.807) is 30.3 Å². The molecule has 2 aromatic rings. The van der Waals surface area contributed by atoms with Gasteiger partial charge in [0.1, 0.15) is 6.10 Å². The van der Waals surface area contributed by atoms with Gasteiger partial charge in [0.25, 0.3) is 0 Å². The zero-order chi connectivity index (χ0) is 16.3. The topological polar surface area (TPSA) is 37.3 Å². The van der Waals surface area contributed by atoms with Crippen LogP contribution in [0.25, 0.3) is 0 Å². The number of aliphatic hydroxyl groups excluding tert-OH is 1. The zero-order valence-electron chi connectivity index (χ0n) is 11.5. The molecule has 0 aliphatic heterocycles. The van der Waals surface area contributed by atoms with Gasteiger partial charge in [0.2, 0.25) is 0 Å². The number of aliphatic hydroxyl groups is 1. The Morgan fingerprint density at radius 1 is 1.05 bits per heavy atom. The number of rotatable bonds is 4. The van der Waals surface area contributed by atoms with Gasteiger partial charge < -0.3 is 5.11 Å². The number of alkyl halides is 3. The van der Waals surface area contributed by atoms with Gasteiger partial charge >= 0.3 is 6.18 Å². The van der Waals surface area contributed by atoms with Crippen LogP contribution in [0.15, 0.2) is 66.7 Å². The molecule has 0 amide bonds. The SMILES string of the molecule is C=C(C(=O)c1cccc(C(F)(F)F)c1)[C@@H](O)c1ccccc1. The summed E-state index contributed by atoms with van der Waals surface area (Å²) in [6.45, 7) is 3.52. The van der Waals surface area contributed by atoms with E-state index < -0.39 is 23.6 Å². The van der Waals surface area contributed by atoms with Crippen molar-refractivity contribution < 1.29 is 23.1 Å². The molecule has 0 radical (unpaired) electrons. The van der Waals surface area contributed by atoms with E-state index in [1.165, 1.54) is 6.07 Å². The molecule has 5 heteroatoms. The van der Waals surface area contributed by atoms with E-state index in [4.69, 9.17) is 0 Å². The van der Waals surface area contributed by atoms with E-state index in [2.05, 4.69) is 6.58 Å². The van der Waals surface area contributed by atoms with Crippen LogP contribution in [0.3, 0.4) is 0 Å². The van der Waals surface area contributed by atoms with Gasteiger partial charge in [-0.25, -0.2) is 0 Å². The highest BCUT2D eigenvalue weighted by Crippen LogP contribution is 2.31. The predicted octanol–water partition coefficient (Wildman–Crippen LogP) is 4.18. The molecule has 0 saturated carbocycles. The Hall–Kier alpha value is -2.40. The molecule has 0 unspecified atom stereocenters. The lowest BCUT2D eigenvalue weighted by atomic mass is 9.95. The summed E-state index contributed by atoms with van der Waals surface area (Å²) in [6.07, 6.45) is -5.79. The monoisotopic (exact) mass is 306 g/mol. The third-order valence-corrected chi connectivity index (χ3v) is 3.19. The normalized spacial score (nSPS) is 12.7. The largest absolute Gasteiger partial charge is 0.416 e. The van der Waals surface area contributed by atoms with Crippen molar-refractivity contribution in [3.05, 3.63) is 83.4 Å². The van der Waals surface area contributed by atoms with Crippen LogP contribution in [0.5, 0.6) is 0 Å². The standard InChI is InChI=1S/C17H13F3O2/c1-11(15(21)12-6-3-2-4-7-12)16(22)13-8-5-9-14(10-13)17(18,19)20/h2-10,15,21H,1H2/t15-/m1/s1. The Balaban J connectivity index is 2.27. The number of benzene rings is 2. The minimum Gasteiger partial charge on any atom is -0.384 e. The zero-order valence-corrected chi connectivity index (χ0v) is 11.5. The summed E-state index contributed by atoms with van der Waals surface area (Å²) in [5.74, 6) is -0.720. The summed E-state index contributed by atoms with van der Waals surface area (Å²) < 4.78 is 38.0. The lowest BCUT2D eigenvalue weighted by Crippen LogP contribution is -2.12. The average Bonchev–Trinajstić information content (AvgIpc) is 2.53. The third kappa shape index (κ3) is 3.43. The molecule has 2 aromatic carbocycles. The van der Waals surface area contributed by atoms with Crippen LogP contribution in [0.1, 0.15) is 27.6 Å². The van der Waals surface area contributed by atoms with Gasteiger partial charge in [-0.2, -0.15) is 13.2 Å². The van der Waals surface area contributed by atoms with E-state index in [1.807, 2.05) is 0 Å². The van der Waals surface area contributed by atoms with Gasteiger partial charge in [0, 0.05) is 11.1 Å². The molecular formula is C17H13F3O2. The van der Waals surface area contributed by atoms with Crippen LogP contribution < -0.4 is 0 Å². The second-order valence-electron chi connectivity index (χ2n) is 4.75. The summed E-state index contributed by atoms with van der Waals surface area (Å²) in [7, 11) is 0. The van der Waals surface area contributed by atoms with Crippen molar-refractivity contribution in [3.8, 4) is 0 Å². The number of Topliss-reactive ketones (excluding diaryl/α,β-unsaturated/α-hetero) is 1. The lowest BCUT2D eigenvalue weighted by molar-refractivity contribution is -0.137. The van der Waals surface area contributed by atoms with Crippen LogP contribution in [0.4, 0.5) is 13.2 Å². The second-order valence-corrected chi connectivity index (χ2v) is 4.75. The molecule has 114 valence electrons. The number of ketones is 1.